The summed E-state index contributed by atoms with van der Waals surface area (Å²) < 4.78 is 0. The Hall–Kier alpha value is -0.960. The first-order valence-electron chi connectivity index (χ1n) is 4.39. The van der Waals surface area contributed by atoms with Crippen LogP contribution in [0.3, 0.4) is 0 Å². The standard InChI is InChI=1S/C9H17N3/c1-3-10-6-7-12(2)9-4-5-11-8-9/h4-5,8,10-11H,3,6-7H2,1-2H3. The Morgan fingerprint density at radius 2 is 2.42 bits per heavy atom. The number of hydrogen-bond acceptors (Lipinski definition) is 2. The summed E-state index contributed by atoms with van der Waals surface area (Å²) in [4.78, 5) is 5.26. The summed E-state index contributed by atoms with van der Waals surface area (Å²) in [5, 5.41) is 3.29. The van der Waals surface area contributed by atoms with Crippen molar-refractivity contribution in [2.45, 2.75) is 6.92 Å². The van der Waals surface area contributed by atoms with Crippen LogP contribution in [-0.2, 0) is 0 Å². The van der Waals surface area contributed by atoms with E-state index in [9.17, 15) is 0 Å². The first kappa shape index (κ1) is 9.13. The van der Waals surface area contributed by atoms with Gasteiger partial charge in [0.15, 0.2) is 0 Å². The van der Waals surface area contributed by atoms with Crippen LogP contribution in [-0.4, -0.2) is 31.7 Å². The fourth-order valence-electron chi connectivity index (χ4n) is 1.11. The second-order valence-electron chi connectivity index (χ2n) is 2.84. The summed E-state index contributed by atoms with van der Waals surface area (Å²) >= 11 is 0. The van der Waals surface area contributed by atoms with E-state index in [0.717, 1.165) is 19.6 Å². The van der Waals surface area contributed by atoms with E-state index in [0.29, 0.717) is 0 Å². The Kier molecular flexibility index (Phi) is 3.67. The second-order valence-corrected chi connectivity index (χ2v) is 2.84. The number of aromatic amines is 1. The summed E-state index contributed by atoms with van der Waals surface area (Å²) in [6.45, 7) is 5.25. The molecule has 0 amide bonds. The third-order valence-corrected chi connectivity index (χ3v) is 1.90. The van der Waals surface area contributed by atoms with Crippen molar-refractivity contribution in [3.63, 3.8) is 0 Å². The van der Waals surface area contributed by atoms with Gasteiger partial charge in [-0.1, -0.05) is 6.92 Å². The molecule has 12 heavy (non-hydrogen) atoms. The van der Waals surface area contributed by atoms with E-state index in [1.165, 1.54) is 5.69 Å². The Labute approximate surface area is 73.8 Å². The molecule has 68 valence electrons. The van der Waals surface area contributed by atoms with Gasteiger partial charge in [0.1, 0.15) is 0 Å². The summed E-state index contributed by atoms with van der Waals surface area (Å²) in [5.74, 6) is 0. The van der Waals surface area contributed by atoms with Crippen molar-refractivity contribution in [2.75, 3.05) is 31.6 Å². The zero-order valence-electron chi connectivity index (χ0n) is 7.80. The van der Waals surface area contributed by atoms with Crippen molar-refractivity contribution in [1.82, 2.24) is 10.3 Å². The summed E-state index contributed by atoms with van der Waals surface area (Å²) in [5.41, 5.74) is 1.24. The molecule has 0 saturated carbocycles. The molecule has 0 atom stereocenters. The minimum atomic E-state index is 1.04. The van der Waals surface area contributed by atoms with Crippen LogP contribution in [0, 0.1) is 0 Å². The van der Waals surface area contributed by atoms with Crippen LogP contribution in [0.25, 0.3) is 0 Å². The highest BCUT2D eigenvalue weighted by Gasteiger charge is 1.98. The molecule has 3 heteroatoms. The third kappa shape index (κ3) is 2.58. The number of aromatic nitrogens is 1. The molecular formula is C9H17N3. The molecule has 0 aliphatic rings. The smallest absolute Gasteiger partial charge is 0.0541 e. The van der Waals surface area contributed by atoms with Gasteiger partial charge in [-0.3, -0.25) is 0 Å². The van der Waals surface area contributed by atoms with Gasteiger partial charge in [0, 0.05) is 32.5 Å². The highest BCUT2D eigenvalue weighted by molar-refractivity contribution is 5.42. The molecule has 0 saturated heterocycles. The normalized spacial score (nSPS) is 10.2. The molecule has 0 aliphatic carbocycles. The lowest BCUT2D eigenvalue weighted by Crippen LogP contribution is -2.28. The van der Waals surface area contributed by atoms with E-state index in [2.05, 4.69) is 35.2 Å². The van der Waals surface area contributed by atoms with Gasteiger partial charge in [0.25, 0.3) is 0 Å². The van der Waals surface area contributed by atoms with Crippen LogP contribution in [0.5, 0.6) is 0 Å². The number of nitrogens with one attached hydrogen (secondary N) is 2. The molecular weight excluding hydrogens is 150 g/mol. The minimum Gasteiger partial charge on any atom is -0.372 e. The molecule has 1 heterocycles. The molecule has 0 radical (unpaired) electrons. The lowest BCUT2D eigenvalue weighted by Gasteiger charge is -2.16. The van der Waals surface area contributed by atoms with Gasteiger partial charge in [-0.05, 0) is 12.6 Å². The van der Waals surface area contributed by atoms with Crippen molar-refractivity contribution >= 4 is 5.69 Å². The summed E-state index contributed by atoms with van der Waals surface area (Å²) in [7, 11) is 2.10. The maximum Gasteiger partial charge on any atom is 0.0541 e. The number of H-pyrrole nitrogens is 1. The Bertz CT molecular complexity index is 194. The predicted octanol–water partition coefficient (Wildman–Crippen LogP) is 1.06. The van der Waals surface area contributed by atoms with Crippen molar-refractivity contribution < 1.29 is 0 Å². The zero-order valence-corrected chi connectivity index (χ0v) is 7.80. The van der Waals surface area contributed by atoms with Crippen LogP contribution >= 0.6 is 0 Å². The Morgan fingerprint density at radius 1 is 1.58 bits per heavy atom. The van der Waals surface area contributed by atoms with Gasteiger partial charge in [0.2, 0.25) is 0 Å². The van der Waals surface area contributed by atoms with Crippen molar-refractivity contribution in [2.24, 2.45) is 0 Å². The molecule has 0 aliphatic heterocycles. The fraction of sp³-hybridized carbons (Fsp3) is 0.556. The molecule has 3 nitrogen and oxygen atoms in total. The van der Waals surface area contributed by atoms with Crippen LogP contribution in [0.4, 0.5) is 5.69 Å². The third-order valence-electron chi connectivity index (χ3n) is 1.90. The average molecular weight is 167 g/mol. The minimum absolute atomic E-state index is 1.04. The summed E-state index contributed by atoms with van der Waals surface area (Å²) in [6, 6.07) is 2.08. The van der Waals surface area contributed by atoms with Crippen LogP contribution in [0.1, 0.15) is 6.92 Å². The molecule has 0 fully saturated rings. The highest BCUT2D eigenvalue weighted by Crippen LogP contribution is 2.08. The van der Waals surface area contributed by atoms with E-state index >= 15 is 0 Å². The fourth-order valence-corrected chi connectivity index (χ4v) is 1.11. The quantitative estimate of drug-likeness (QED) is 0.642. The number of anilines is 1. The molecule has 1 aromatic heterocycles. The topological polar surface area (TPSA) is 31.1 Å². The molecule has 0 unspecified atom stereocenters. The van der Waals surface area contributed by atoms with Crippen LogP contribution in [0.15, 0.2) is 18.5 Å². The van der Waals surface area contributed by atoms with E-state index in [1.807, 2.05) is 12.4 Å². The monoisotopic (exact) mass is 167 g/mol. The van der Waals surface area contributed by atoms with E-state index in [4.69, 9.17) is 0 Å². The van der Waals surface area contributed by atoms with Gasteiger partial charge in [-0.15, -0.1) is 0 Å². The number of likely N-dealkylation sites (N-methyl/N-ethyl adjacent to an activating group) is 2. The Balaban J connectivity index is 2.25. The van der Waals surface area contributed by atoms with E-state index in [1.54, 1.807) is 0 Å². The molecule has 1 rings (SSSR count). The number of hydrogen-bond donors (Lipinski definition) is 2. The predicted molar refractivity (Wildman–Crippen MR) is 52.6 cm³/mol. The van der Waals surface area contributed by atoms with Gasteiger partial charge in [-0.25, -0.2) is 0 Å². The van der Waals surface area contributed by atoms with Crippen molar-refractivity contribution in [1.29, 1.82) is 0 Å². The molecule has 2 N–H and O–H groups in total. The maximum atomic E-state index is 3.29. The number of rotatable bonds is 5. The van der Waals surface area contributed by atoms with Crippen LogP contribution in [0.2, 0.25) is 0 Å². The summed E-state index contributed by atoms with van der Waals surface area (Å²) in [6.07, 6.45) is 3.95. The molecule has 1 aromatic rings. The van der Waals surface area contributed by atoms with Crippen LogP contribution < -0.4 is 10.2 Å². The number of nitrogens with zero attached hydrogens (tertiary/aromatic N) is 1. The first-order valence-corrected chi connectivity index (χ1v) is 4.39. The first-order chi connectivity index (χ1) is 5.84. The molecule has 0 spiro atoms. The van der Waals surface area contributed by atoms with Crippen molar-refractivity contribution in [3.8, 4) is 0 Å². The van der Waals surface area contributed by atoms with Gasteiger partial charge in [0.05, 0.1) is 5.69 Å². The van der Waals surface area contributed by atoms with Gasteiger partial charge < -0.3 is 15.2 Å². The van der Waals surface area contributed by atoms with Crippen molar-refractivity contribution in [3.05, 3.63) is 18.5 Å². The molecule has 0 bridgehead atoms. The SMILES string of the molecule is CCNCCN(C)c1cc[nH]c1. The second kappa shape index (κ2) is 4.83. The lowest BCUT2D eigenvalue weighted by molar-refractivity contribution is 0.706. The van der Waals surface area contributed by atoms with E-state index < -0.39 is 0 Å². The zero-order chi connectivity index (χ0) is 8.81. The highest BCUT2D eigenvalue weighted by atomic mass is 15.1. The van der Waals surface area contributed by atoms with Gasteiger partial charge in [-0.2, -0.15) is 0 Å². The largest absolute Gasteiger partial charge is 0.372 e. The van der Waals surface area contributed by atoms with E-state index in [-0.39, 0.29) is 0 Å². The lowest BCUT2D eigenvalue weighted by atomic mass is 10.4. The van der Waals surface area contributed by atoms with Gasteiger partial charge >= 0.3 is 0 Å². The maximum absolute atomic E-state index is 3.29. The Morgan fingerprint density at radius 3 is 3.00 bits per heavy atom. The molecule has 0 aromatic carbocycles. The average Bonchev–Trinajstić information content (AvgIpc) is 2.56.